The van der Waals surface area contributed by atoms with Crippen LogP contribution in [0.1, 0.15) is 38.5 Å². The molecule has 0 N–H and O–H groups in total. The van der Waals surface area contributed by atoms with Crippen LogP contribution in [-0.2, 0) is 0 Å². The minimum Gasteiger partial charge on any atom is -0.494 e. The molecule has 0 aliphatic heterocycles. The molecule has 0 heterocycles. The molecule has 2 rings (SSSR count). The highest BCUT2D eigenvalue weighted by Crippen LogP contribution is 2.21. The second-order valence-corrected chi connectivity index (χ2v) is 5.86. The summed E-state index contributed by atoms with van der Waals surface area (Å²) in [5.74, 6) is 0.907. The lowest BCUT2D eigenvalue weighted by Gasteiger charge is -2.31. The van der Waals surface area contributed by atoms with Crippen LogP contribution < -0.4 is 4.74 Å². The van der Waals surface area contributed by atoms with Crippen LogP contribution in [0.25, 0.3) is 0 Å². The zero-order valence-corrected chi connectivity index (χ0v) is 12.5. The molecular formula is C16H24ClNO. The molecule has 1 aromatic rings. The molecule has 1 saturated carbocycles. The Morgan fingerprint density at radius 2 is 1.84 bits per heavy atom. The maximum atomic E-state index is 5.84. The summed E-state index contributed by atoms with van der Waals surface area (Å²) in [6, 6.07) is 8.38. The Morgan fingerprint density at radius 3 is 2.53 bits per heavy atom. The Labute approximate surface area is 121 Å². The second-order valence-electron chi connectivity index (χ2n) is 5.43. The molecule has 2 nitrogen and oxygen atoms in total. The number of rotatable bonds is 6. The molecular weight excluding hydrogens is 258 g/mol. The first-order chi connectivity index (χ1) is 9.25. The molecule has 0 unspecified atom stereocenters. The van der Waals surface area contributed by atoms with Gasteiger partial charge in [0.15, 0.2) is 0 Å². The molecule has 0 bridgehead atoms. The molecule has 1 aromatic carbocycles. The van der Waals surface area contributed by atoms with Crippen molar-refractivity contribution in [1.29, 1.82) is 0 Å². The SMILES string of the molecule is CN(CCCOc1ccc(Cl)cc1)C1CCCCC1. The molecule has 1 aliphatic rings. The third kappa shape index (κ3) is 5.04. The van der Waals surface area contributed by atoms with Crippen LogP contribution in [0.2, 0.25) is 5.02 Å². The van der Waals surface area contributed by atoms with E-state index in [1.165, 1.54) is 32.1 Å². The zero-order chi connectivity index (χ0) is 13.5. The van der Waals surface area contributed by atoms with Gasteiger partial charge >= 0.3 is 0 Å². The van der Waals surface area contributed by atoms with Gasteiger partial charge in [-0.1, -0.05) is 30.9 Å². The van der Waals surface area contributed by atoms with Crippen molar-refractivity contribution in [2.75, 3.05) is 20.2 Å². The van der Waals surface area contributed by atoms with Crippen LogP contribution in [0.15, 0.2) is 24.3 Å². The highest BCUT2D eigenvalue weighted by atomic mass is 35.5. The molecule has 1 fully saturated rings. The summed E-state index contributed by atoms with van der Waals surface area (Å²) in [4.78, 5) is 2.50. The predicted molar refractivity (Wildman–Crippen MR) is 81.1 cm³/mol. The van der Waals surface area contributed by atoms with Gasteiger partial charge in [-0.05, 0) is 50.6 Å². The third-order valence-electron chi connectivity index (χ3n) is 3.94. The Kier molecular flexibility index (Phi) is 5.99. The maximum Gasteiger partial charge on any atom is 0.119 e. The highest BCUT2D eigenvalue weighted by Gasteiger charge is 2.17. The number of halogens is 1. The quantitative estimate of drug-likeness (QED) is 0.718. The Hall–Kier alpha value is -0.730. The van der Waals surface area contributed by atoms with Gasteiger partial charge in [-0.25, -0.2) is 0 Å². The van der Waals surface area contributed by atoms with E-state index in [0.717, 1.165) is 36.4 Å². The minimum absolute atomic E-state index is 0.754. The number of hydrogen-bond donors (Lipinski definition) is 0. The molecule has 1 aliphatic carbocycles. The van der Waals surface area contributed by atoms with Crippen LogP contribution in [0, 0.1) is 0 Å². The van der Waals surface area contributed by atoms with Gasteiger partial charge in [0.25, 0.3) is 0 Å². The fourth-order valence-electron chi connectivity index (χ4n) is 2.74. The van der Waals surface area contributed by atoms with Crippen molar-refractivity contribution in [2.45, 2.75) is 44.6 Å². The fourth-order valence-corrected chi connectivity index (χ4v) is 2.87. The average Bonchev–Trinajstić information content (AvgIpc) is 2.46. The highest BCUT2D eigenvalue weighted by molar-refractivity contribution is 6.30. The lowest BCUT2D eigenvalue weighted by atomic mass is 9.94. The lowest BCUT2D eigenvalue weighted by Crippen LogP contribution is -2.34. The van der Waals surface area contributed by atoms with Crippen molar-refractivity contribution in [3.63, 3.8) is 0 Å². The molecule has 3 heteroatoms. The molecule has 0 aromatic heterocycles. The van der Waals surface area contributed by atoms with Gasteiger partial charge < -0.3 is 9.64 Å². The standard InChI is InChI=1S/C16H24ClNO/c1-18(15-6-3-2-4-7-15)12-5-13-19-16-10-8-14(17)9-11-16/h8-11,15H,2-7,12-13H2,1H3. The summed E-state index contributed by atoms with van der Waals surface area (Å²) >= 11 is 5.84. The first-order valence-corrected chi connectivity index (χ1v) is 7.72. The van der Waals surface area contributed by atoms with E-state index < -0.39 is 0 Å². The predicted octanol–water partition coefficient (Wildman–Crippen LogP) is 4.37. The van der Waals surface area contributed by atoms with Gasteiger partial charge in [0.05, 0.1) is 6.61 Å². The van der Waals surface area contributed by atoms with E-state index in [-0.39, 0.29) is 0 Å². The van der Waals surface area contributed by atoms with Gasteiger partial charge in [0, 0.05) is 17.6 Å². The van der Waals surface area contributed by atoms with Crippen LogP contribution >= 0.6 is 11.6 Å². The Morgan fingerprint density at radius 1 is 1.16 bits per heavy atom. The van der Waals surface area contributed by atoms with Crippen molar-refractivity contribution in [2.24, 2.45) is 0 Å². The number of benzene rings is 1. The average molecular weight is 282 g/mol. The maximum absolute atomic E-state index is 5.84. The molecule has 0 amide bonds. The summed E-state index contributed by atoms with van der Waals surface area (Å²) in [5.41, 5.74) is 0. The number of hydrogen-bond acceptors (Lipinski definition) is 2. The van der Waals surface area contributed by atoms with E-state index in [2.05, 4.69) is 11.9 Å². The van der Waals surface area contributed by atoms with Crippen LogP contribution in [0.4, 0.5) is 0 Å². The van der Waals surface area contributed by atoms with Crippen LogP contribution in [0.3, 0.4) is 0 Å². The fraction of sp³-hybridized carbons (Fsp3) is 0.625. The van der Waals surface area contributed by atoms with E-state index >= 15 is 0 Å². The van der Waals surface area contributed by atoms with Gasteiger partial charge in [0.1, 0.15) is 5.75 Å². The van der Waals surface area contributed by atoms with E-state index in [4.69, 9.17) is 16.3 Å². The van der Waals surface area contributed by atoms with Crippen molar-refractivity contribution < 1.29 is 4.74 Å². The van der Waals surface area contributed by atoms with Crippen molar-refractivity contribution in [1.82, 2.24) is 4.90 Å². The van der Waals surface area contributed by atoms with Crippen molar-refractivity contribution >= 4 is 11.6 Å². The number of nitrogens with zero attached hydrogens (tertiary/aromatic N) is 1. The summed E-state index contributed by atoms with van der Waals surface area (Å²) in [6.45, 7) is 1.90. The summed E-state index contributed by atoms with van der Waals surface area (Å²) in [5, 5.41) is 0.754. The largest absolute Gasteiger partial charge is 0.494 e. The molecule has 0 saturated heterocycles. The lowest BCUT2D eigenvalue weighted by molar-refractivity contribution is 0.177. The first-order valence-electron chi connectivity index (χ1n) is 7.34. The number of ether oxygens (including phenoxy) is 1. The van der Waals surface area contributed by atoms with E-state index in [9.17, 15) is 0 Å². The zero-order valence-electron chi connectivity index (χ0n) is 11.8. The van der Waals surface area contributed by atoms with Crippen LogP contribution in [0.5, 0.6) is 5.75 Å². The van der Waals surface area contributed by atoms with E-state index in [1.807, 2.05) is 24.3 Å². The smallest absolute Gasteiger partial charge is 0.119 e. The van der Waals surface area contributed by atoms with Gasteiger partial charge in [0.2, 0.25) is 0 Å². The normalized spacial score (nSPS) is 16.8. The summed E-state index contributed by atoms with van der Waals surface area (Å²) < 4.78 is 5.71. The van der Waals surface area contributed by atoms with E-state index in [0.29, 0.717) is 0 Å². The topological polar surface area (TPSA) is 12.5 Å². The van der Waals surface area contributed by atoms with Gasteiger partial charge in [-0.3, -0.25) is 0 Å². The Bertz CT molecular complexity index is 360. The van der Waals surface area contributed by atoms with Crippen LogP contribution in [-0.4, -0.2) is 31.1 Å². The summed E-state index contributed by atoms with van der Waals surface area (Å²) in [6.07, 6.45) is 8.04. The third-order valence-corrected chi connectivity index (χ3v) is 4.19. The summed E-state index contributed by atoms with van der Waals surface area (Å²) in [7, 11) is 2.25. The van der Waals surface area contributed by atoms with Crippen molar-refractivity contribution in [3.8, 4) is 5.75 Å². The second kappa shape index (κ2) is 7.76. The monoisotopic (exact) mass is 281 g/mol. The van der Waals surface area contributed by atoms with E-state index in [1.54, 1.807) is 0 Å². The minimum atomic E-state index is 0.754. The van der Waals surface area contributed by atoms with Gasteiger partial charge in [-0.2, -0.15) is 0 Å². The molecule has 0 atom stereocenters. The molecule has 19 heavy (non-hydrogen) atoms. The van der Waals surface area contributed by atoms with Crippen molar-refractivity contribution in [3.05, 3.63) is 29.3 Å². The molecule has 0 radical (unpaired) electrons. The molecule has 106 valence electrons. The Balaban J connectivity index is 1.62. The first kappa shape index (κ1) is 14.7. The van der Waals surface area contributed by atoms with Gasteiger partial charge in [-0.15, -0.1) is 0 Å². The molecule has 0 spiro atoms.